The Balaban J connectivity index is 0.00000112. The Morgan fingerprint density at radius 2 is 1.33 bits per heavy atom. The second-order valence-corrected chi connectivity index (χ2v) is 4.53. The summed E-state index contributed by atoms with van der Waals surface area (Å²) in [6, 6.07) is 0.829. The van der Waals surface area contributed by atoms with Crippen LogP contribution < -0.4 is 0 Å². The van der Waals surface area contributed by atoms with Gasteiger partial charge in [0.2, 0.25) is 0 Å². The predicted octanol–water partition coefficient (Wildman–Crippen LogP) is 3.44. The van der Waals surface area contributed by atoms with Gasteiger partial charge in [0.15, 0.2) is 0 Å². The molecule has 15 heavy (non-hydrogen) atoms. The molecule has 0 spiro atoms. The predicted molar refractivity (Wildman–Crippen MR) is 66.8 cm³/mol. The van der Waals surface area contributed by atoms with E-state index in [-0.39, 0.29) is 7.43 Å². The maximum atomic E-state index is 3.26. The van der Waals surface area contributed by atoms with Gasteiger partial charge in [-0.05, 0) is 38.8 Å². The molecule has 0 unspecified atom stereocenters. The summed E-state index contributed by atoms with van der Waals surface area (Å²) in [5.41, 5.74) is 0. The van der Waals surface area contributed by atoms with Crippen LogP contribution in [0.5, 0.6) is 0 Å². The fraction of sp³-hybridized carbons (Fsp3) is 0.857. The summed E-state index contributed by atoms with van der Waals surface area (Å²) in [7, 11) is 0. The lowest BCUT2D eigenvalue weighted by atomic mass is 10.1. The van der Waals surface area contributed by atoms with Crippen LogP contribution in [0, 0.1) is 11.8 Å². The molecule has 0 radical (unpaired) electrons. The second kappa shape index (κ2) is 6.90. The van der Waals surface area contributed by atoms with Gasteiger partial charge in [0.1, 0.15) is 0 Å². The molecule has 0 saturated carbocycles. The van der Waals surface area contributed by atoms with E-state index in [0.29, 0.717) is 0 Å². The lowest BCUT2D eigenvalue weighted by Crippen LogP contribution is -2.35. The zero-order valence-corrected chi connectivity index (χ0v) is 9.10. The summed E-state index contributed by atoms with van der Waals surface area (Å²) in [6.07, 6.45) is 10.6. The molecule has 1 heteroatoms. The molecular formula is C14H25N. The summed E-state index contributed by atoms with van der Waals surface area (Å²) in [5, 5.41) is 0. The summed E-state index contributed by atoms with van der Waals surface area (Å²) in [5.74, 6) is 6.51. The van der Waals surface area contributed by atoms with E-state index in [1.54, 1.807) is 0 Å². The Morgan fingerprint density at radius 3 is 1.87 bits per heavy atom. The molecule has 0 amide bonds. The Hall–Kier alpha value is -0.480. The van der Waals surface area contributed by atoms with Crippen molar-refractivity contribution in [3.8, 4) is 11.8 Å². The third-order valence-electron chi connectivity index (χ3n) is 3.49. The standard InChI is InChI=1S/C13H21N.CH4/c1-2-6-10-13(9-5-1)14-11-7-3-4-8-12-14;/h13H,3-12H2;1H4. The molecule has 1 nitrogen and oxygen atoms in total. The molecular weight excluding hydrogens is 182 g/mol. The highest BCUT2D eigenvalue weighted by molar-refractivity contribution is 5.02. The topological polar surface area (TPSA) is 3.24 Å². The van der Waals surface area contributed by atoms with Crippen molar-refractivity contribution in [1.82, 2.24) is 4.90 Å². The average Bonchev–Trinajstić information content (AvgIpc) is 2.62. The van der Waals surface area contributed by atoms with Gasteiger partial charge in [-0.2, -0.15) is 0 Å². The van der Waals surface area contributed by atoms with Crippen LogP contribution in [0.1, 0.15) is 58.8 Å². The zero-order valence-electron chi connectivity index (χ0n) is 9.10. The van der Waals surface area contributed by atoms with Crippen molar-refractivity contribution in [2.45, 2.75) is 64.8 Å². The number of hydrogen-bond acceptors (Lipinski definition) is 1. The van der Waals surface area contributed by atoms with Crippen LogP contribution in [-0.4, -0.2) is 24.0 Å². The first-order chi connectivity index (χ1) is 6.97. The van der Waals surface area contributed by atoms with Crippen LogP contribution in [0.2, 0.25) is 0 Å². The third kappa shape index (κ3) is 3.87. The SMILES string of the molecule is C.C1#CCCC(N2CCCCCC2)CC1. The monoisotopic (exact) mass is 207 g/mol. The van der Waals surface area contributed by atoms with E-state index < -0.39 is 0 Å². The Labute approximate surface area is 95.2 Å². The van der Waals surface area contributed by atoms with Crippen molar-refractivity contribution in [2.24, 2.45) is 0 Å². The molecule has 0 N–H and O–H groups in total. The van der Waals surface area contributed by atoms with E-state index in [0.717, 1.165) is 18.9 Å². The molecule has 0 aromatic carbocycles. The quantitative estimate of drug-likeness (QED) is 0.595. The lowest BCUT2D eigenvalue weighted by molar-refractivity contribution is 0.187. The molecule has 1 fully saturated rings. The maximum absolute atomic E-state index is 3.26. The Kier molecular flexibility index (Phi) is 5.79. The third-order valence-corrected chi connectivity index (χ3v) is 3.49. The fourth-order valence-electron chi connectivity index (χ4n) is 2.62. The van der Waals surface area contributed by atoms with Gasteiger partial charge in [0.25, 0.3) is 0 Å². The summed E-state index contributed by atoms with van der Waals surface area (Å²) >= 11 is 0. The normalized spacial score (nSPS) is 24.3. The number of rotatable bonds is 1. The molecule has 1 saturated heterocycles. The minimum Gasteiger partial charge on any atom is -0.300 e. The van der Waals surface area contributed by atoms with Crippen molar-refractivity contribution in [1.29, 1.82) is 0 Å². The molecule has 0 aromatic heterocycles. The molecule has 1 aliphatic carbocycles. The van der Waals surface area contributed by atoms with Gasteiger partial charge in [-0.15, -0.1) is 11.8 Å². The second-order valence-electron chi connectivity index (χ2n) is 4.53. The van der Waals surface area contributed by atoms with Crippen LogP contribution in [0.4, 0.5) is 0 Å². The highest BCUT2D eigenvalue weighted by atomic mass is 15.1. The first kappa shape index (κ1) is 12.6. The minimum atomic E-state index is 0. The van der Waals surface area contributed by atoms with E-state index >= 15 is 0 Å². The van der Waals surface area contributed by atoms with E-state index in [1.807, 2.05) is 0 Å². The lowest BCUT2D eigenvalue weighted by Gasteiger charge is -2.29. The van der Waals surface area contributed by atoms with Crippen LogP contribution in [0.15, 0.2) is 0 Å². The summed E-state index contributed by atoms with van der Waals surface area (Å²) in [6.45, 7) is 2.68. The number of likely N-dealkylation sites (tertiary alicyclic amines) is 1. The van der Waals surface area contributed by atoms with Crippen LogP contribution in [-0.2, 0) is 0 Å². The Bertz CT molecular complexity index is 203. The van der Waals surface area contributed by atoms with Crippen molar-refractivity contribution in [2.75, 3.05) is 13.1 Å². The van der Waals surface area contributed by atoms with Crippen LogP contribution in [0.25, 0.3) is 0 Å². The van der Waals surface area contributed by atoms with Crippen LogP contribution in [0.3, 0.4) is 0 Å². The van der Waals surface area contributed by atoms with Gasteiger partial charge in [-0.25, -0.2) is 0 Å². The summed E-state index contributed by atoms with van der Waals surface area (Å²) < 4.78 is 0. The first-order valence-electron chi connectivity index (χ1n) is 6.16. The van der Waals surface area contributed by atoms with Gasteiger partial charge in [-0.1, -0.05) is 20.3 Å². The molecule has 1 aliphatic heterocycles. The van der Waals surface area contributed by atoms with Crippen molar-refractivity contribution in [3.05, 3.63) is 0 Å². The van der Waals surface area contributed by atoms with Crippen molar-refractivity contribution < 1.29 is 0 Å². The Morgan fingerprint density at radius 1 is 0.800 bits per heavy atom. The average molecular weight is 207 g/mol. The number of hydrogen-bond donors (Lipinski definition) is 0. The molecule has 0 atom stereocenters. The van der Waals surface area contributed by atoms with E-state index in [4.69, 9.17) is 0 Å². The minimum absolute atomic E-state index is 0. The van der Waals surface area contributed by atoms with Gasteiger partial charge in [0, 0.05) is 18.9 Å². The highest BCUT2D eigenvalue weighted by Gasteiger charge is 2.19. The largest absolute Gasteiger partial charge is 0.300 e. The van der Waals surface area contributed by atoms with E-state index in [9.17, 15) is 0 Å². The molecule has 2 aliphatic rings. The van der Waals surface area contributed by atoms with Gasteiger partial charge in [-0.3, -0.25) is 0 Å². The first-order valence-corrected chi connectivity index (χ1v) is 6.16. The van der Waals surface area contributed by atoms with E-state index in [2.05, 4.69) is 16.7 Å². The fourth-order valence-corrected chi connectivity index (χ4v) is 2.62. The van der Waals surface area contributed by atoms with Gasteiger partial charge >= 0.3 is 0 Å². The zero-order chi connectivity index (χ0) is 9.64. The van der Waals surface area contributed by atoms with E-state index in [1.165, 1.54) is 51.6 Å². The van der Waals surface area contributed by atoms with Gasteiger partial charge in [0.05, 0.1) is 0 Å². The van der Waals surface area contributed by atoms with Crippen molar-refractivity contribution >= 4 is 0 Å². The van der Waals surface area contributed by atoms with Crippen LogP contribution >= 0.6 is 0 Å². The maximum Gasteiger partial charge on any atom is 0.0113 e. The molecule has 0 aromatic rings. The molecule has 86 valence electrons. The molecule has 1 heterocycles. The number of nitrogens with zero attached hydrogens (tertiary/aromatic N) is 1. The summed E-state index contributed by atoms with van der Waals surface area (Å²) in [4.78, 5) is 2.72. The smallest absolute Gasteiger partial charge is 0.0113 e. The molecule has 2 rings (SSSR count). The highest BCUT2D eigenvalue weighted by Crippen LogP contribution is 2.19. The van der Waals surface area contributed by atoms with Gasteiger partial charge < -0.3 is 4.90 Å². The molecule has 0 bridgehead atoms. The van der Waals surface area contributed by atoms with Crippen molar-refractivity contribution in [3.63, 3.8) is 0 Å².